The van der Waals surface area contributed by atoms with Crippen LogP contribution in [0, 0.1) is 0 Å². The van der Waals surface area contributed by atoms with Gasteiger partial charge >= 0.3 is 0 Å². The summed E-state index contributed by atoms with van der Waals surface area (Å²) in [5.74, 6) is 0.160. The lowest BCUT2D eigenvalue weighted by Gasteiger charge is -2.30. The molecule has 1 amide bonds. The molecule has 1 saturated heterocycles. The van der Waals surface area contributed by atoms with Crippen LogP contribution in [0.5, 0.6) is 0 Å². The van der Waals surface area contributed by atoms with E-state index >= 15 is 0 Å². The highest BCUT2D eigenvalue weighted by atomic mass is 16.3. The summed E-state index contributed by atoms with van der Waals surface area (Å²) in [6.45, 7) is 1.30. The van der Waals surface area contributed by atoms with Crippen LogP contribution in [0.4, 0.5) is 0 Å². The standard InChI is InChI=1S/C14H19NO2/c16-13-7-4-10-15(11-13)14(17)9-8-12-5-2-1-3-6-12/h1-3,5-6,13,16H,4,7-11H2/t13-/m1/s1. The Morgan fingerprint density at radius 2 is 2.12 bits per heavy atom. The van der Waals surface area contributed by atoms with Gasteiger partial charge < -0.3 is 10.0 Å². The number of benzene rings is 1. The Balaban J connectivity index is 1.81. The van der Waals surface area contributed by atoms with Crippen molar-refractivity contribution in [1.82, 2.24) is 4.90 Å². The van der Waals surface area contributed by atoms with E-state index in [0.29, 0.717) is 13.0 Å². The summed E-state index contributed by atoms with van der Waals surface area (Å²) in [6.07, 6.45) is 2.73. The number of carbonyl (C=O) groups excluding carboxylic acids is 1. The molecule has 1 aromatic carbocycles. The van der Waals surface area contributed by atoms with Crippen molar-refractivity contribution in [3.05, 3.63) is 35.9 Å². The number of nitrogens with zero attached hydrogens (tertiary/aromatic N) is 1. The van der Waals surface area contributed by atoms with E-state index in [0.717, 1.165) is 25.8 Å². The normalized spacial score (nSPS) is 20.3. The molecule has 1 N–H and O–H groups in total. The molecule has 1 atom stereocenters. The second-order valence-electron chi connectivity index (χ2n) is 4.62. The Bertz CT molecular complexity index is 364. The van der Waals surface area contributed by atoms with Crippen molar-refractivity contribution in [2.24, 2.45) is 0 Å². The molecular formula is C14H19NO2. The van der Waals surface area contributed by atoms with Gasteiger partial charge in [-0.1, -0.05) is 30.3 Å². The number of likely N-dealkylation sites (tertiary alicyclic amines) is 1. The van der Waals surface area contributed by atoms with E-state index in [4.69, 9.17) is 0 Å². The molecule has 0 aromatic heterocycles. The van der Waals surface area contributed by atoms with E-state index in [1.165, 1.54) is 5.56 Å². The van der Waals surface area contributed by atoms with Crippen LogP contribution in [-0.4, -0.2) is 35.1 Å². The summed E-state index contributed by atoms with van der Waals surface area (Å²) in [4.78, 5) is 13.7. The maximum absolute atomic E-state index is 11.9. The van der Waals surface area contributed by atoms with Crippen molar-refractivity contribution in [2.75, 3.05) is 13.1 Å². The van der Waals surface area contributed by atoms with Crippen molar-refractivity contribution in [1.29, 1.82) is 0 Å². The van der Waals surface area contributed by atoms with E-state index in [1.807, 2.05) is 30.3 Å². The van der Waals surface area contributed by atoms with Crippen LogP contribution < -0.4 is 0 Å². The smallest absolute Gasteiger partial charge is 0.222 e. The van der Waals surface area contributed by atoms with Gasteiger partial charge in [0.15, 0.2) is 0 Å². The van der Waals surface area contributed by atoms with E-state index in [9.17, 15) is 9.90 Å². The fourth-order valence-corrected chi connectivity index (χ4v) is 2.24. The average Bonchev–Trinajstić information content (AvgIpc) is 2.37. The summed E-state index contributed by atoms with van der Waals surface area (Å²) in [6, 6.07) is 10.0. The fraction of sp³-hybridized carbons (Fsp3) is 0.500. The van der Waals surface area contributed by atoms with Gasteiger partial charge in [0.2, 0.25) is 5.91 Å². The number of hydrogen-bond acceptors (Lipinski definition) is 2. The van der Waals surface area contributed by atoms with Crippen molar-refractivity contribution in [3.63, 3.8) is 0 Å². The zero-order valence-corrected chi connectivity index (χ0v) is 10.0. The molecule has 17 heavy (non-hydrogen) atoms. The van der Waals surface area contributed by atoms with Gasteiger partial charge in [-0.25, -0.2) is 0 Å². The third-order valence-electron chi connectivity index (χ3n) is 3.22. The number of β-amino-alcohol motifs (C(OH)–C–C–N with tert-alkyl or cyclic N) is 1. The van der Waals surface area contributed by atoms with Crippen LogP contribution in [0.25, 0.3) is 0 Å². The predicted octanol–water partition coefficient (Wildman–Crippen LogP) is 1.60. The zero-order valence-electron chi connectivity index (χ0n) is 10.0. The number of rotatable bonds is 3. The molecule has 3 heteroatoms. The fourth-order valence-electron chi connectivity index (χ4n) is 2.24. The predicted molar refractivity (Wildman–Crippen MR) is 66.6 cm³/mol. The number of aliphatic hydroxyl groups is 1. The molecule has 2 rings (SSSR count). The first-order valence-corrected chi connectivity index (χ1v) is 6.25. The van der Waals surface area contributed by atoms with Crippen molar-refractivity contribution in [3.8, 4) is 0 Å². The maximum atomic E-state index is 11.9. The van der Waals surface area contributed by atoms with E-state index < -0.39 is 0 Å². The number of carbonyl (C=O) groups is 1. The van der Waals surface area contributed by atoms with Gasteiger partial charge in [0.25, 0.3) is 0 Å². The van der Waals surface area contributed by atoms with E-state index in [2.05, 4.69) is 0 Å². The Hall–Kier alpha value is -1.35. The molecule has 1 aliphatic heterocycles. The lowest BCUT2D eigenvalue weighted by atomic mass is 10.1. The average molecular weight is 233 g/mol. The summed E-state index contributed by atoms with van der Waals surface area (Å²) in [5.41, 5.74) is 1.19. The molecule has 3 nitrogen and oxygen atoms in total. The van der Waals surface area contributed by atoms with Crippen molar-refractivity contribution >= 4 is 5.91 Å². The molecule has 0 saturated carbocycles. The molecule has 0 radical (unpaired) electrons. The van der Waals surface area contributed by atoms with Crippen LogP contribution in [0.15, 0.2) is 30.3 Å². The minimum Gasteiger partial charge on any atom is -0.391 e. The first-order valence-electron chi connectivity index (χ1n) is 6.25. The molecule has 92 valence electrons. The zero-order chi connectivity index (χ0) is 12.1. The topological polar surface area (TPSA) is 40.5 Å². The van der Waals surface area contributed by atoms with Gasteiger partial charge in [-0.3, -0.25) is 4.79 Å². The molecule has 1 aromatic rings. The van der Waals surface area contributed by atoms with Gasteiger partial charge in [0.1, 0.15) is 0 Å². The van der Waals surface area contributed by atoms with Crippen LogP contribution in [0.1, 0.15) is 24.8 Å². The minimum absolute atomic E-state index is 0.160. The molecule has 1 fully saturated rings. The number of piperidine rings is 1. The Labute approximate surface area is 102 Å². The minimum atomic E-state index is -0.329. The Kier molecular flexibility index (Phi) is 4.15. The number of aliphatic hydroxyl groups excluding tert-OH is 1. The van der Waals surface area contributed by atoms with Gasteiger partial charge in [-0.15, -0.1) is 0 Å². The largest absolute Gasteiger partial charge is 0.391 e. The van der Waals surface area contributed by atoms with E-state index in [1.54, 1.807) is 4.90 Å². The summed E-state index contributed by atoms with van der Waals surface area (Å²) >= 11 is 0. The van der Waals surface area contributed by atoms with Crippen LogP contribution in [0.3, 0.4) is 0 Å². The lowest BCUT2D eigenvalue weighted by molar-refractivity contribution is -0.134. The van der Waals surface area contributed by atoms with Gasteiger partial charge in [-0.05, 0) is 24.8 Å². The monoisotopic (exact) mass is 233 g/mol. The van der Waals surface area contributed by atoms with Crippen molar-refractivity contribution < 1.29 is 9.90 Å². The van der Waals surface area contributed by atoms with Crippen LogP contribution in [0.2, 0.25) is 0 Å². The maximum Gasteiger partial charge on any atom is 0.222 e. The van der Waals surface area contributed by atoms with Crippen LogP contribution in [-0.2, 0) is 11.2 Å². The second kappa shape index (κ2) is 5.82. The van der Waals surface area contributed by atoms with Gasteiger partial charge in [-0.2, -0.15) is 0 Å². The Morgan fingerprint density at radius 3 is 2.82 bits per heavy atom. The van der Waals surface area contributed by atoms with Gasteiger partial charge in [0.05, 0.1) is 6.10 Å². The third-order valence-corrected chi connectivity index (χ3v) is 3.22. The SMILES string of the molecule is O=C(CCc1ccccc1)N1CCC[C@@H](O)C1. The molecular weight excluding hydrogens is 214 g/mol. The third kappa shape index (κ3) is 3.56. The van der Waals surface area contributed by atoms with Gasteiger partial charge in [0, 0.05) is 19.5 Å². The first-order chi connectivity index (χ1) is 8.25. The number of hydrogen-bond donors (Lipinski definition) is 1. The molecule has 0 aliphatic carbocycles. The summed E-state index contributed by atoms with van der Waals surface area (Å²) in [5, 5.41) is 9.52. The molecule has 1 heterocycles. The quantitative estimate of drug-likeness (QED) is 0.861. The molecule has 0 bridgehead atoms. The summed E-state index contributed by atoms with van der Waals surface area (Å²) < 4.78 is 0. The lowest BCUT2D eigenvalue weighted by Crippen LogP contribution is -2.42. The van der Waals surface area contributed by atoms with E-state index in [-0.39, 0.29) is 12.0 Å². The number of amides is 1. The number of aryl methyl sites for hydroxylation is 1. The van der Waals surface area contributed by atoms with Crippen LogP contribution >= 0.6 is 0 Å². The first kappa shape index (κ1) is 12.1. The second-order valence-corrected chi connectivity index (χ2v) is 4.62. The highest BCUT2D eigenvalue weighted by Crippen LogP contribution is 2.12. The molecule has 0 spiro atoms. The molecule has 1 aliphatic rings. The Morgan fingerprint density at radius 1 is 1.35 bits per heavy atom. The molecule has 0 unspecified atom stereocenters. The summed E-state index contributed by atoms with van der Waals surface area (Å²) in [7, 11) is 0. The van der Waals surface area contributed by atoms with Crippen molar-refractivity contribution in [2.45, 2.75) is 31.8 Å². The highest BCUT2D eigenvalue weighted by molar-refractivity contribution is 5.76. The highest BCUT2D eigenvalue weighted by Gasteiger charge is 2.21.